The van der Waals surface area contributed by atoms with E-state index in [4.69, 9.17) is 0 Å². The van der Waals surface area contributed by atoms with E-state index in [1.807, 2.05) is 18.2 Å². The number of piperidine rings is 1. The standard InChI is InChI=1S/C18H25NO/c1-4-5-9-19-10-8-18(3)13(2)17(19)11-14-6-7-15(20)12-16(14)18/h4,6-7,12-13,17,20H,1,5,8-11H2,2-3H3/t13-,17+,18+/m0/s1. The molecule has 1 aliphatic carbocycles. The van der Waals surface area contributed by atoms with Crippen LogP contribution in [0.5, 0.6) is 5.75 Å². The largest absolute Gasteiger partial charge is 0.508 e. The van der Waals surface area contributed by atoms with E-state index in [-0.39, 0.29) is 5.41 Å². The van der Waals surface area contributed by atoms with Crippen molar-refractivity contribution in [1.29, 1.82) is 0 Å². The number of fused-ring (bicyclic) bond motifs is 4. The van der Waals surface area contributed by atoms with Crippen molar-refractivity contribution in [2.75, 3.05) is 13.1 Å². The first-order valence-electron chi connectivity index (χ1n) is 7.73. The molecule has 20 heavy (non-hydrogen) atoms. The van der Waals surface area contributed by atoms with Crippen LogP contribution in [0.1, 0.15) is 37.8 Å². The quantitative estimate of drug-likeness (QED) is 0.851. The van der Waals surface area contributed by atoms with E-state index in [0.717, 1.165) is 25.9 Å². The highest BCUT2D eigenvalue weighted by molar-refractivity contribution is 5.44. The number of benzene rings is 1. The maximum Gasteiger partial charge on any atom is 0.115 e. The molecule has 1 N–H and O–H groups in total. The SMILES string of the molecule is C=CCCN1CC[C@@]2(C)c3cc(O)ccc3C[C@@H]1[C@@H]2C. The predicted octanol–water partition coefficient (Wildman–Crippen LogP) is 3.49. The molecule has 1 fully saturated rings. The summed E-state index contributed by atoms with van der Waals surface area (Å²) in [7, 11) is 0. The molecule has 1 aliphatic heterocycles. The van der Waals surface area contributed by atoms with Crippen molar-refractivity contribution in [2.24, 2.45) is 5.92 Å². The molecule has 0 unspecified atom stereocenters. The van der Waals surface area contributed by atoms with Crippen LogP contribution in [0.2, 0.25) is 0 Å². The molecule has 0 saturated carbocycles. The van der Waals surface area contributed by atoms with Gasteiger partial charge in [-0.05, 0) is 60.4 Å². The Morgan fingerprint density at radius 3 is 3.05 bits per heavy atom. The first-order valence-corrected chi connectivity index (χ1v) is 7.73. The summed E-state index contributed by atoms with van der Waals surface area (Å²) in [5.41, 5.74) is 3.02. The van der Waals surface area contributed by atoms with Gasteiger partial charge in [-0.2, -0.15) is 0 Å². The Kier molecular flexibility index (Phi) is 3.37. The smallest absolute Gasteiger partial charge is 0.115 e. The minimum absolute atomic E-state index is 0.210. The van der Waals surface area contributed by atoms with Gasteiger partial charge in [0.25, 0.3) is 0 Å². The molecule has 2 bridgehead atoms. The van der Waals surface area contributed by atoms with Crippen LogP contribution in [0.3, 0.4) is 0 Å². The van der Waals surface area contributed by atoms with Gasteiger partial charge < -0.3 is 5.11 Å². The van der Waals surface area contributed by atoms with Gasteiger partial charge >= 0.3 is 0 Å². The molecule has 0 spiro atoms. The Labute approximate surface area is 122 Å². The highest BCUT2D eigenvalue weighted by Gasteiger charge is 2.48. The summed E-state index contributed by atoms with van der Waals surface area (Å²) in [6.45, 7) is 10.9. The van der Waals surface area contributed by atoms with Crippen LogP contribution in [0, 0.1) is 5.92 Å². The summed E-state index contributed by atoms with van der Waals surface area (Å²) >= 11 is 0. The summed E-state index contributed by atoms with van der Waals surface area (Å²) in [5, 5.41) is 9.83. The Morgan fingerprint density at radius 1 is 1.50 bits per heavy atom. The van der Waals surface area contributed by atoms with Crippen molar-refractivity contribution in [1.82, 2.24) is 4.90 Å². The van der Waals surface area contributed by atoms with Crippen LogP contribution in [0.25, 0.3) is 0 Å². The Bertz CT molecular complexity index is 524. The Hall–Kier alpha value is -1.28. The van der Waals surface area contributed by atoms with Crippen LogP contribution in [-0.2, 0) is 11.8 Å². The normalized spacial score (nSPS) is 32.7. The topological polar surface area (TPSA) is 23.5 Å². The lowest BCUT2D eigenvalue weighted by atomic mass is 9.59. The highest BCUT2D eigenvalue weighted by atomic mass is 16.3. The fraction of sp³-hybridized carbons (Fsp3) is 0.556. The second kappa shape index (κ2) is 4.92. The van der Waals surface area contributed by atoms with E-state index >= 15 is 0 Å². The molecule has 3 rings (SSSR count). The van der Waals surface area contributed by atoms with Crippen LogP contribution in [0.15, 0.2) is 30.9 Å². The molecule has 0 aromatic heterocycles. The maximum atomic E-state index is 9.83. The van der Waals surface area contributed by atoms with Gasteiger partial charge in [0.1, 0.15) is 5.75 Å². The van der Waals surface area contributed by atoms with Crippen LogP contribution in [0.4, 0.5) is 0 Å². The average Bonchev–Trinajstić information content (AvgIpc) is 2.43. The number of hydrogen-bond donors (Lipinski definition) is 1. The molecule has 108 valence electrons. The number of nitrogens with zero attached hydrogens (tertiary/aromatic N) is 1. The van der Waals surface area contributed by atoms with E-state index in [2.05, 4.69) is 31.4 Å². The van der Waals surface area contributed by atoms with Crippen LogP contribution >= 0.6 is 0 Å². The average molecular weight is 271 g/mol. The van der Waals surface area contributed by atoms with E-state index in [1.54, 1.807) is 0 Å². The summed E-state index contributed by atoms with van der Waals surface area (Å²) < 4.78 is 0. The zero-order valence-corrected chi connectivity index (χ0v) is 12.6. The highest BCUT2D eigenvalue weighted by Crippen LogP contribution is 2.49. The second-order valence-corrected chi connectivity index (χ2v) is 6.68. The third-order valence-corrected chi connectivity index (χ3v) is 5.73. The van der Waals surface area contributed by atoms with Crippen molar-refractivity contribution >= 4 is 0 Å². The lowest BCUT2D eigenvalue weighted by Gasteiger charge is -2.54. The van der Waals surface area contributed by atoms with Gasteiger partial charge in [0, 0.05) is 12.6 Å². The van der Waals surface area contributed by atoms with Gasteiger partial charge in [-0.1, -0.05) is 26.0 Å². The summed E-state index contributed by atoms with van der Waals surface area (Å²) in [6.07, 6.45) is 5.39. The Morgan fingerprint density at radius 2 is 2.30 bits per heavy atom. The minimum Gasteiger partial charge on any atom is -0.508 e. The van der Waals surface area contributed by atoms with Crippen molar-refractivity contribution < 1.29 is 5.11 Å². The van der Waals surface area contributed by atoms with Crippen LogP contribution in [-0.4, -0.2) is 29.1 Å². The first kappa shape index (κ1) is 13.7. The molecule has 1 heterocycles. The molecule has 3 atom stereocenters. The monoisotopic (exact) mass is 271 g/mol. The molecule has 2 aliphatic rings. The number of phenols is 1. The van der Waals surface area contributed by atoms with E-state index < -0.39 is 0 Å². The van der Waals surface area contributed by atoms with Gasteiger partial charge in [0.2, 0.25) is 0 Å². The zero-order chi connectivity index (χ0) is 14.3. The lowest BCUT2D eigenvalue weighted by Crippen LogP contribution is -2.58. The van der Waals surface area contributed by atoms with E-state index in [9.17, 15) is 5.11 Å². The Balaban J connectivity index is 1.97. The zero-order valence-electron chi connectivity index (χ0n) is 12.6. The number of rotatable bonds is 3. The second-order valence-electron chi connectivity index (χ2n) is 6.68. The first-order chi connectivity index (χ1) is 9.56. The van der Waals surface area contributed by atoms with Crippen molar-refractivity contribution in [3.8, 4) is 5.75 Å². The van der Waals surface area contributed by atoms with Crippen molar-refractivity contribution in [3.63, 3.8) is 0 Å². The molecule has 1 saturated heterocycles. The molecule has 2 heteroatoms. The molecule has 0 amide bonds. The van der Waals surface area contributed by atoms with Crippen molar-refractivity contribution in [3.05, 3.63) is 42.0 Å². The number of aromatic hydroxyl groups is 1. The third kappa shape index (κ3) is 1.98. The number of hydrogen-bond acceptors (Lipinski definition) is 2. The molecular formula is C18H25NO. The van der Waals surface area contributed by atoms with E-state index in [0.29, 0.717) is 17.7 Å². The van der Waals surface area contributed by atoms with Gasteiger partial charge in [0.15, 0.2) is 0 Å². The summed E-state index contributed by atoms with van der Waals surface area (Å²) in [6, 6.07) is 6.59. The maximum absolute atomic E-state index is 9.83. The van der Waals surface area contributed by atoms with Gasteiger partial charge in [-0.3, -0.25) is 4.90 Å². The minimum atomic E-state index is 0.210. The lowest BCUT2D eigenvalue weighted by molar-refractivity contribution is 0.0327. The van der Waals surface area contributed by atoms with Crippen LogP contribution < -0.4 is 0 Å². The molecular weight excluding hydrogens is 246 g/mol. The summed E-state index contributed by atoms with van der Waals surface area (Å²) in [4.78, 5) is 2.64. The number of likely N-dealkylation sites (tertiary alicyclic amines) is 1. The van der Waals surface area contributed by atoms with Gasteiger partial charge in [-0.25, -0.2) is 0 Å². The predicted molar refractivity (Wildman–Crippen MR) is 83.1 cm³/mol. The fourth-order valence-electron chi connectivity index (χ4n) is 4.23. The molecule has 1 aromatic rings. The van der Waals surface area contributed by atoms with Gasteiger partial charge in [-0.15, -0.1) is 6.58 Å². The number of phenolic OH excluding ortho intramolecular Hbond substituents is 1. The van der Waals surface area contributed by atoms with E-state index in [1.165, 1.54) is 17.5 Å². The molecule has 0 radical (unpaired) electrons. The van der Waals surface area contributed by atoms with Crippen molar-refractivity contribution in [2.45, 2.75) is 44.6 Å². The summed E-state index contributed by atoms with van der Waals surface area (Å²) in [5.74, 6) is 1.04. The van der Waals surface area contributed by atoms with Gasteiger partial charge in [0.05, 0.1) is 0 Å². The molecule has 2 nitrogen and oxygen atoms in total. The fourth-order valence-corrected chi connectivity index (χ4v) is 4.23. The third-order valence-electron chi connectivity index (χ3n) is 5.73. The molecule has 1 aromatic carbocycles.